The number of thiophene rings is 4. The van der Waals surface area contributed by atoms with Gasteiger partial charge in [-0.05, 0) is 132 Å². The fraction of sp³-hybridized carbons (Fsp3) is 0. The lowest BCUT2D eigenvalue weighted by atomic mass is 10.0. The van der Waals surface area contributed by atoms with Gasteiger partial charge in [-0.3, -0.25) is 0 Å². The number of benzene rings is 16. The van der Waals surface area contributed by atoms with Crippen molar-refractivity contribution in [3.05, 3.63) is 346 Å². The van der Waals surface area contributed by atoms with Crippen molar-refractivity contribution in [2.75, 3.05) is 0 Å². The van der Waals surface area contributed by atoms with Crippen LogP contribution in [0.25, 0.3) is 207 Å². The topological polar surface area (TPSA) is 27.9 Å². The van der Waals surface area contributed by atoms with Crippen LogP contribution in [0.15, 0.2) is 350 Å². The predicted molar refractivity (Wildman–Crippen MR) is 452 cm³/mol. The molecule has 0 unspecified atom stereocenters. The molecule has 4 nitrogen and oxygen atoms in total. The molecule has 104 heavy (non-hydrogen) atoms. The van der Waals surface area contributed by atoms with Crippen LogP contribution in [0.3, 0.4) is 0 Å². The summed E-state index contributed by atoms with van der Waals surface area (Å²) in [5.41, 5.74) is 17.7. The van der Waals surface area contributed by atoms with Gasteiger partial charge in [-0.15, -0.1) is 45.3 Å². The van der Waals surface area contributed by atoms with E-state index in [9.17, 15) is 0 Å². The number of fused-ring (bicyclic) bond motifs is 27. The van der Waals surface area contributed by atoms with Gasteiger partial charge in [0.05, 0.1) is 43.5 Å². The highest BCUT2D eigenvalue weighted by Crippen LogP contribution is 2.49. The van der Waals surface area contributed by atoms with Gasteiger partial charge < -0.3 is 18.1 Å². The molecule has 0 aliphatic rings. The van der Waals surface area contributed by atoms with E-state index in [4.69, 9.17) is 4.42 Å². The summed E-state index contributed by atoms with van der Waals surface area (Å²) < 4.78 is 24.4. The Morgan fingerprint density at radius 3 is 1.10 bits per heavy atom. The summed E-state index contributed by atoms with van der Waals surface area (Å²) in [4.78, 5) is 0. The third-order valence-corrected chi connectivity index (χ3v) is 25.8. The maximum Gasteiger partial charge on any atom is 0.143 e. The minimum Gasteiger partial charge on any atom is -0.455 e. The van der Waals surface area contributed by atoms with E-state index in [0.29, 0.717) is 0 Å². The van der Waals surface area contributed by atoms with E-state index in [2.05, 4.69) is 347 Å². The molecule has 0 fully saturated rings. The Hall–Kier alpha value is -12.4. The van der Waals surface area contributed by atoms with Crippen LogP contribution in [0.1, 0.15) is 0 Å². The zero-order chi connectivity index (χ0) is 68.1. The third-order valence-electron chi connectivity index (χ3n) is 21.2. The predicted octanol–water partition coefficient (Wildman–Crippen LogP) is 29.1. The molecule has 0 aliphatic carbocycles. The molecule has 16 aromatic carbocycles. The fourth-order valence-corrected chi connectivity index (χ4v) is 21.3. The molecule has 24 rings (SSSR count). The molecule has 0 atom stereocenters. The first-order valence-electron chi connectivity index (χ1n) is 35.2. The number of rotatable bonds is 5. The van der Waals surface area contributed by atoms with Gasteiger partial charge in [-0.2, -0.15) is 0 Å². The highest BCUT2D eigenvalue weighted by molar-refractivity contribution is 7.27. The van der Waals surface area contributed by atoms with E-state index in [0.717, 1.165) is 38.8 Å². The first kappa shape index (κ1) is 59.3. The summed E-state index contributed by atoms with van der Waals surface area (Å²) in [5, 5.41) is 21.1. The van der Waals surface area contributed by atoms with Crippen molar-refractivity contribution >= 4 is 213 Å². The zero-order valence-electron chi connectivity index (χ0n) is 55.8. The van der Waals surface area contributed by atoms with E-state index in [-0.39, 0.29) is 0 Å². The molecule has 0 saturated heterocycles. The van der Waals surface area contributed by atoms with Crippen LogP contribution in [0.2, 0.25) is 0 Å². The third kappa shape index (κ3) is 9.06. The van der Waals surface area contributed by atoms with Gasteiger partial charge in [0.1, 0.15) is 11.2 Å². The highest BCUT2D eigenvalue weighted by Gasteiger charge is 2.23. The van der Waals surface area contributed by atoms with Gasteiger partial charge in [0.25, 0.3) is 0 Å². The van der Waals surface area contributed by atoms with Crippen LogP contribution in [0.5, 0.6) is 0 Å². The summed E-state index contributed by atoms with van der Waals surface area (Å²) in [6, 6.07) is 125. The molecular weight excluding hydrogens is 1340 g/mol. The van der Waals surface area contributed by atoms with E-state index in [1.165, 1.54) is 169 Å². The number of nitrogens with zero attached hydrogens (tertiary/aromatic N) is 3. The summed E-state index contributed by atoms with van der Waals surface area (Å²) in [5.74, 6) is 0. The molecular formula is C96H57N3OS4. The zero-order valence-corrected chi connectivity index (χ0v) is 59.1. The average molecular weight is 1400 g/mol. The lowest BCUT2D eigenvalue weighted by molar-refractivity contribution is 0.670. The Morgan fingerprint density at radius 2 is 0.577 bits per heavy atom. The number of furan rings is 1. The van der Waals surface area contributed by atoms with Crippen LogP contribution in [0, 0.1) is 0 Å². The fourth-order valence-electron chi connectivity index (χ4n) is 16.7. The molecule has 0 spiro atoms. The molecule has 8 heterocycles. The lowest BCUT2D eigenvalue weighted by Crippen LogP contribution is -1.93. The van der Waals surface area contributed by atoms with Gasteiger partial charge in [0.2, 0.25) is 0 Å². The molecule has 486 valence electrons. The Balaban J connectivity index is 0.0000000986. The van der Waals surface area contributed by atoms with Crippen molar-refractivity contribution in [1.82, 2.24) is 13.7 Å². The quantitative estimate of drug-likeness (QED) is 0.169. The van der Waals surface area contributed by atoms with Gasteiger partial charge in [-0.25, -0.2) is 0 Å². The summed E-state index contributed by atoms with van der Waals surface area (Å²) in [6.45, 7) is 0. The van der Waals surface area contributed by atoms with Crippen LogP contribution < -0.4 is 0 Å². The Labute approximate surface area is 611 Å². The molecule has 24 aromatic rings. The first-order valence-corrected chi connectivity index (χ1v) is 38.5. The standard InChI is InChI=1S/C36H21NOS.C30H17NS2.C30H19NS/c1-4-13-29-27(9-1)34-30(20-21-33-35(34)28-10-3-6-15-32(28)39-33)37(29)23-18-16-22(17-19-23)24-11-7-12-26-25-8-2-5-14-31(25)38-36(24)26;1-4-12-22-20(9-1)28-23(16-17-27-29(28)21-10-3-6-15-26(21)32-27)31(22)24-13-7-11-19-18-8-2-5-14-25(18)33-30(19)24;1-2-8-20(9-3-1)21-14-16-22(17-15-21)31-25-12-6-4-10-23(25)29-26(31)18-19-28-30(29)24-11-5-7-13-27(24)32-28/h1-21H;1-17H;1-19H. The minimum atomic E-state index is 0.925. The van der Waals surface area contributed by atoms with E-state index < -0.39 is 0 Å². The second-order valence-electron chi connectivity index (χ2n) is 26.8. The SMILES string of the molecule is c1ccc(-c2ccc(-n3c4ccccc4c4c5c(ccc43)sc3ccccc35)cc2)cc1.c1ccc2c(c1)oc1c(-c3ccc(-n4c5ccccc5c5c6c(ccc54)sc4ccccc46)cc3)cccc12.c1ccc2c(c1)sc1c(-n3c4ccccc4c4c5c(ccc43)sc3ccccc35)cccc12. The van der Waals surface area contributed by atoms with Crippen molar-refractivity contribution in [2.24, 2.45) is 0 Å². The van der Waals surface area contributed by atoms with Gasteiger partial charge in [0, 0.05) is 136 Å². The van der Waals surface area contributed by atoms with Gasteiger partial charge in [-0.1, -0.05) is 231 Å². The molecule has 8 heteroatoms. The molecule has 0 bridgehead atoms. The molecule has 0 N–H and O–H groups in total. The minimum absolute atomic E-state index is 0.925. The summed E-state index contributed by atoms with van der Waals surface area (Å²) in [6.07, 6.45) is 0. The van der Waals surface area contributed by atoms with Crippen molar-refractivity contribution in [2.45, 2.75) is 0 Å². The Bertz CT molecular complexity index is 7600. The maximum atomic E-state index is 6.32. The van der Waals surface area contributed by atoms with Crippen molar-refractivity contribution in [3.63, 3.8) is 0 Å². The molecule has 8 aromatic heterocycles. The number of hydrogen-bond acceptors (Lipinski definition) is 5. The van der Waals surface area contributed by atoms with E-state index in [1.807, 2.05) is 57.5 Å². The van der Waals surface area contributed by atoms with E-state index in [1.54, 1.807) is 0 Å². The van der Waals surface area contributed by atoms with Crippen LogP contribution >= 0.6 is 45.3 Å². The summed E-state index contributed by atoms with van der Waals surface area (Å²) in [7, 11) is 0. The molecule has 0 aliphatic heterocycles. The van der Waals surface area contributed by atoms with Crippen molar-refractivity contribution in [3.8, 4) is 39.3 Å². The van der Waals surface area contributed by atoms with Crippen molar-refractivity contribution < 1.29 is 4.42 Å². The first-order chi connectivity index (χ1) is 51.6. The normalized spacial score (nSPS) is 12.0. The van der Waals surface area contributed by atoms with Gasteiger partial charge in [0.15, 0.2) is 0 Å². The van der Waals surface area contributed by atoms with Gasteiger partial charge >= 0.3 is 0 Å². The number of hydrogen-bond donors (Lipinski definition) is 0. The van der Waals surface area contributed by atoms with Crippen LogP contribution in [0.4, 0.5) is 0 Å². The summed E-state index contributed by atoms with van der Waals surface area (Å²) >= 11 is 7.54. The average Bonchev–Trinajstić information content (AvgIpc) is 1.57. The molecule has 0 radical (unpaired) electrons. The second-order valence-corrected chi connectivity index (χ2v) is 31.1. The largest absolute Gasteiger partial charge is 0.455 e. The number of para-hydroxylation sites is 5. The highest BCUT2D eigenvalue weighted by atomic mass is 32.1. The Kier molecular flexibility index (Phi) is 13.5. The maximum absolute atomic E-state index is 6.32. The van der Waals surface area contributed by atoms with Crippen LogP contribution in [-0.4, -0.2) is 13.7 Å². The monoisotopic (exact) mass is 1400 g/mol. The molecule has 0 saturated carbocycles. The van der Waals surface area contributed by atoms with E-state index >= 15 is 0 Å². The number of aromatic nitrogens is 3. The Morgan fingerprint density at radius 1 is 0.202 bits per heavy atom. The lowest BCUT2D eigenvalue weighted by Gasteiger charge is -2.10. The molecule has 0 amide bonds. The van der Waals surface area contributed by atoms with Crippen molar-refractivity contribution in [1.29, 1.82) is 0 Å². The smallest absolute Gasteiger partial charge is 0.143 e. The van der Waals surface area contributed by atoms with Crippen LogP contribution in [-0.2, 0) is 0 Å². The second kappa shape index (κ2) is 23.6.